The number of phenols is 1. The highest BCUT2D eigenvalue weighted by atomic mass is 32.2. The van der Waals surface area contributed by atoms with Crippen LogP contribution in [-0.2, 0) is 14.9 Å². The fourth-order valence-electron chi connectivity index (χ4n) is 3.95. The Bertz CT molecular complexity index is 1280. The van der Waals surface area contributed by atoms with Gasteiger partial charge in [0.1, 0.15) is 10.6 Å². The second-order valence-corrected chi connectivity index (χ2v) is 10.0. The lowest BCUT2D eigenvalue weighted by Gasteiger charge is -2.22. The number of aromatic hydroxyl groups is 1. The monoisotopic (exact) mass is 452 g/mol. The molecule has 5 nitrogen and oxygen atoms in total. The number of allylic oxidation sites excluding steroid dienone is 5. The molecule has 6 heteroatoms. The van der Waals surface area contributed by atoms with Gasteiger partial charge in [-0.25, -0.2) is 0 Å². The first-order chi connectivity index (χ1) is 14.9. The molecule has 0 aromatic heterocycles. The Labute approximate surface area is 189 Å². The molecule has 1 aliphatic rings. The smallest absolute Gasteiger partial charge is 0.295 e. The fourth-order valence-corrected chi connectivity index (χ4v) is 4.64. The number of hydrogen-bond donors (Lipinski definition) is 2. The first kappa shape index (κ1) is 23.7. The minimum absolute atomic E-state index is 0.0223. The predicted molar refractivity (Wildman–Crippen MR) is 126 cm³/mol. The number of phenolic OH excluding ortho intramolecular Hbond substituents is 1. The summed E-state index contributed by atoms with van der Waals surface area (Å²) in [5.41, 5.74) is 4.30. The van der Waals surface area contributed by atoms with Gasteiger partial charge in [0.2, 0.25) is 0 Å². The molecular weight excluding hydrogens is 424 g/mol. The van der Waals surface area contributed by atoms with Crippen LogP contribution < -0.4 is 0 Å². The van der Waals surface area contributed by atoms with Crippen LogP contribution in [0.5, 0.6) is 5.75 Å². The molecule has 0 saturated heterocycles. The molecule has 2 N–H and O–H groups in total. The van der Waals surface area contributed by atoms with E-state index in [4.69, 9.17) is 0 Å². The van der Waals surface area contributed by atoms with Gasteiger partial charge in [-0.1, -0.05) is 52.0 Å². The van der Waals surface area contributed by atoms with Crippen LogP contribution in [0.25, 0.3) is 5.57 Å². The molecule has 0 bridgehead atoms. The largest absolute Gasteiger partial charge is 0.508 e. The van der Waals surface area contributed by atoms with Crippen molar-refractivity contribution in [3.8, 4) is 5.75 Å². The van der Waals surface area contributed by atoms with Crippen LogP contribution >= 0.6 is 0 Å². The Hall–Kier alpha value is -2.96. The molecule has 3 rings (SSSR count). The normalized spacial score (nSPS) is 16.3. The molecule has 2 aromatic rings. The minimum atomic E-state index is -4.51. The average Bonchev–Trinajstić information content (AvgIpc) is 2.70. The molecule has 2 aromatic carbocycles. The van der Waals surface area contributed by atoms with Crippen molar-refractivity contribution in [2.24, 2.45) is 5.92 Å². The predicted octanol–water partition coefficient (Wildman–Crippen LogP) is 5.68. The number of benzene rings is 2. The van der Waals surface area contributed by atoms with Crippen molar-refractivity contribution in [1.82, 2.24) is 0 Å². The lowest BCUT2D eigenvalue weighted by Crippen LogP contribution is -2.13. The molecule has 1 aliphatic carbocycles. The van der Waals surface area contributed by atoms with Crippen molar-refractivity contribution in [1.29, 1.82) is 0 Å². The summed E-state index contributed by atoms with van der Waals surface area (Å²) in [7, 11) is -4.51. The van der Waals surface area contributed by atoms with E-state index in [1.807, 2.05) is 33.8 Å². The Balaban J connectivity index is 2.48. The first-order valence-corrected chi connectivity index (χ1v) is 11.9. The highest BCUT2D eigenvalue weighted by Crippen LogP contribution is 2.39. The summed E-state index contributed by atoms with van der Waals surface area (Å²) in [5, 5.41) is 10.3. The molecule has 0 atom stereocenters. The van der Waals surface area contributed by atoms with Gasteiger partial charge in [0.25, 0.3) is 10.1 Å². The second-order valence-electron chi connectivity index (χ2n) is 8.63. The molecule has 0 radical (unpaired) electrons. The Morgan fingerprint density at radius 3 is 2.19 bits per heavy atom. The highest BCUT2D eigenvalue weighted by Gasteiger charge is 2.25. The minimum Gasteiger partial charge on any atom is -0.508 e. The molecule has 168 valence electrons. The van der Waals surface area contributed by atoms with Crippen molar-refractivity contribution in [3.63, 3.8) is 0 Å². The van der Waals surface area contributed by atoms with Gasteiger partial charge in [-0.05, 0) is 77.0 Å². The number of hydrogen-bond acceptors (Lipinski definition) is 4. The third kappa shape index (κ3) is 4.61. The van der Waals surface area contributed by atoms with Crippen LogP contribution in [-0.4, -0.2) is 23.9 Å². The first-order valence-electron chi connectivity index (χ1n) is 10.5. The van der Waals surface area contributed by atoms with Crippen LogP contribution in [0.2, 0.25) is 0 Å². The van der Waals surface area contributed by atoms with Gasteiger partial charge in [0.05, 0.1) is 0 Å². The van der Waals surface area contributed by atoms with E-state index in [2.05, 4.69) is 0 Å². The van der Waals surface area contributed by atoms with Crippen molar-refractivity contribution in [2.75, 3.05) is 0 Å². The zero-order chi connectivity index (χ0) is 23.8. The Morgan fingerprint density at radius 2 is 1.59 bits per heavy atom. The topological polar surface area (TPSA) is 91.7 Å². The van der Waals surface area contributed by atoms with Crippen LogP contribution in [0.4, 0.5) is 0 Å². The SMILES string of the molecule is CC1=CC(=O)C(C(C)C)=C/C1=C(\c1ccc(O)c(C(C)C)c1)c1ccccc1S(=O)(=O)O. The highest BCUT2D eigenvalue weighted by molar-refractivity contribution is 7.86. The molecule has 0 amide bonds. The van der Waals surface area contributed by atoms with E-state index in [1.54, 1.807) is 49.4 Å². The summed E-state index contributed by atoms with van der Waals surface area (Å²) in [5.74, 6) is 0.0909. The number of ketones is 1. The van der Waals surface area contributed by atoms with Crippen molar-refractivity contribution in [3.05, 3.63) is 88.0 Å². The van der Waals surface area contributed by atoms with E-state index in [0.29, 0.717) is 39.0 Å². The third-order valence-corrected chi connectivity index (χ3v) is 6.53. The van der Waals surface area contributed by atoms with Gasteiger partial charge in [-0.15, -0.1) is 0 Å². The standard InChI is InChI=1S/C26H28O5S/c1-15(2)20-13-18(10-11-23(20)27)26(19-8-6-7-9-25(19)32(29,30)31)22-14-21(16(3)4)24(28)12-17(22)5/h6-16,27H,1-5H3,(H,29,30,31)/b26-22-. The lowest BCUT2D eigenvalue weighted by molar-refractivity contribution is -0.111. The Kier molecular flexibility index (Phi) is 6.58. The zero-order valence-electron chi connectivity index (χ0n) is 18.9. The fraction of sp³-hybridized carbons (Fsp3) is 0.269. The maximum atomic E-state index is 12.6. The number of rotatable bonds is 5. The summed E-state index contributed by atoms with van der Waals surface area (Å²) < 4.78 is 34.4. The van der Waals surface area contributed by atoms with Gasteiger partial charge >= 0.3 is 0 Å². The van der Waals surface area contributed by atoms with Gasteiger partial charge in [0.15, 0.2) is 5.78 Å². The average molecular weight is 453 g/mol. The van der Waals surface area contributed by atoms with Crippen LogP contribution in [0.15, 0.2) is 76.2 Å². The third-order valence-electron chi connectivity index (χ3n) is 5.62. The van der Waals surface area contributed by atoms with E-state index in [9.17, 15) is 22.9 Å². The van der Waals surface area contributed by atoms with E-state index < -0.39 is 10.1 Å². The van der Waals surface area contributed by atoms with Gasteiger partial charge in [0, 0.05) is 11.1 Å². The summed E-state index contributed by atoms with van der Waals surface area (Å²) in [6, 6.07) is 11.4. The van der Waals surface area contributed by atoms with Crippen molar-refractivity contribution < 1.29 is 22.9 Å². The van der Waals surface area contributed by atoms with E-state index in [1.165, 1.54) is 6.07 Å². The summed E-state index contributed by atoms with van der Waals surface area (Å²) in [4.78, 5) is 12.3. The molecule has 0 unspecified atom stereocenters. The number of carbonyl (C=O) groups is 1. The zero-order valence-corrected chi connectivity index (χ0v) is 19.7. The van der Waals surface area contributed by atoms with Gasteiger partial charge in [-0.3, -0.25) is 9.35 Å². The second kappa shape index (κ2) is 8.88. The maximum Gasteiger partial charge on any atom is 0.295 e. The maximum absolute atomic E-state index is 12.6. The Morgan fingerprint density at radius 1 is 0.938 bits per heavy atom. The summed E-state index contributed by atoms with van der Waals surface area (Å²) >= 11 is 0. The van der Waals surface area contributed by atoms with Gasteiger partial charge in [-0.2, -0.15) is 8.42 Å². The van der Waals surface area contributed by atoms with E-state index in [-0.39, 0.29) is 28.3 Å². The van der Waals surface area contributed by atoms with Crippen molar-refractivity contribution in [2.45, 2.75) is 45.4 Å². The van der Waals surface area contributed by atoms with Gasteiger partial charge < -0.3 is 5.11 Å². The summed E-state index contributed by atoms with van der Waals surface area (Å²) in [6.45, 7) is 9.58. The number of carbonyl (C=O) groups excluding carboxylic acids is 1. The van der Waals surface area contributed by atoms with Crippen molar-refractivity contribution >= 4 is 21.5 Å². The van der Waals surface area contributed by atoms with E-state index >= 15 is 0 Å². The quantitative estimate of drug-likeness (QED) is 0.570. The molecule has 0 aliphatic heterocycles. The van der Waals surface area contributed by atoms with Crippen LogP contribution in [0.3, 0.4) is 0 Å². The van der Waals surface area contributed by atoms with Crippen LogP contribution in [0.1, 0.15) is 57.2 Å². The van der Waals surface area contributed by atoms with E-state index in [0.717, 1.165) is 0 Å². The molecule has 0 fully saturated rings. The molecule has 0 spiro atoms. The van der Waals surface area contributed by atoms with Crippen LogP contribution in [0, 0.1) is 5.92 Å². The summed E-state index contributed by atoms with van der Waals surface area (Å²) in [6.07, 6.45) is 3.37. The molecule has 0 heterocycles. The lowest BCUT2D eigenvalue weighted by atomic mass is 9.82. The molecule has 0 saturated carbocycles. The molecular formula is C26H28O5S. The molecule has 32 heavy (non-hydrogen) atoms.